The van der Waals surface area contributed by atoms with Gasteiger partial charge in [0.05, 0.1) is 0 Å². The summed E-state index contributed by atoms with van der Waals surface area (Å²) in [6.45, 7) is 3.03. The van der Waals surface area contributed by atoms with Gasteiger partial charge in [-0.05, 0) is 61.6 Å². The van der Waals surface area contributed by atoms with Crippen molar-refractivity contribution in [1.29, 1.82) is 0 Å². The van der Waals surface area contributed by atoms with Gasteiger partial charge in [0.1, 0.15) is 0 Å². The fraction of sp³-hybridized carbons (Fsp3) is 0.625. The molecule has 1 fully saturated rings. The van der Waals surface area contributed by atoms with E-state index in [0.29, 0.717) is 11.3 Å². The molecule has 0 heterocycles. The van der Waals surface area contributed by atoms with Crippen molar-refractivity contribution in [3.63, 3.8) is 0 Å². The molecule has 1 aromatic rings. The summed E-state index contributed by atoms with van der Waals surface area (Å²) in [6.07, 6.45) is 8.31. The fourth-order valence-electron chi connectivity index (χ4n) is 4.04. The third-order valence-corrected chi connectivity index (χ3v) is 5.04. The molecule has 1 unspecified atom stereocenters. The van der Waals surface area contributed by atoms with Gasteiger partial charge in [0.15, 0.2) is 0 Å². The van der Waals surface area contributed by atoms with Gasteiger partial charge >= 0.3 is 0 Å². The molecule has 1 saturated carbocycles. The minimum absolute atomic E-state index is 0.521. The molecule has 1 atom stereocenters. The summed E-state index contributed by atoms with van der Waals surface area (Å²) in [5.41, 5.74) is 11.1. The Hall–Kier alpha value is -0.820. The van der Waals surface area contributed by atoms with Crippen molar-refractivity contribution < 1.29 is 0 Å². The highest BCUT2D eigenvalue weighted by Gasteiger charge is 2.41. The molecule has 0 radical (unpaired) electrons. The largest absolute Gasteiger partial charge is 0.330 e. The highest BCUT2D eigenvalue weighted by atomic mass is 14.6. The molecule has 1 nitrogen and oxygen atoms in total. The monoisotopic (exact) mass is 229 g/mol. The van der Waals surface area contributed by atoms with Crippen LogP contribution in [0.25, 0.3) is 0 Å². The van der Waals surface area contributed by atoms with E-state index >= 15 is 0 Å². The summed E-state index contributed by atoms with van der Waals surface area (Å²) in [4.78, 5) is 0. The summed E-state index contributed by atoms with van der Waals surface area (Å²) >= 11 is 0. The zero-order valence-electron chi connectivity index (χ0n) is 10.8. The van der Waals surface area contributed by atoms with Gasteiger partial charge in [-0.1, -0.05) is 36.6 Å². The van der Waals surface area contributed by atoms with Crippen molar-refractivity contribution in [1.82, 2.24) is 0 Å². The number of hydrogen-bond donors (Lipinski definition) is 1. The summed E-state index contributed by atoms with van der Waals surface area (Å²) in [5, 5.41) is 0. The molecule has 0 aromatic heterocycles. The van der Waals surface area contributed by atoms with Crippen LogP contribution in [0.3, 0.4) is 0 Å². The van der Waals surface area contributed by atoms with Gasteiger partial charge in [-0.3, -0.25) is 0 Å². The Morgan fingerprint density at radius 2 is 2.00 bits per heavy atom. The first-order valence-electron chi connectivity index (χ1n) is 7.06. The Labute approximate surface area is 104 Å². The first-order chi connectivity index (χ1) is 8.25. The Kier molecular flexibility index (Phi) is 2.74. The predicted molar refractivity (Wildman–Crippen MR) is 72.4 cm³/mol. The van der Waals surface area contributed by atoms with Gasteiger partial charge in [0.25, 0.3) is 0 Å². The maximum absolute atomic E-state index is 5.94. The molecule has 2 aliphatic rings. The van der Waals surface area contributed by atoms with Gasteiger partial charge in [-0.15, -0.1) is 0 Å². The van der Waals surface area contributed by atoms with E-state index in [1.54, 1.807) is 11.1 Å². The second-order valence-corrected chi connectivity index (χ2v) is 6.05. The summed E-state index contributed by atoms with van der Waals surface area (Å²) in [5.74, 6) is 0.608. The lowest BCUT2D eigenvalue weighted by atomic mass is 9.65. The number of aryl methyl sites for hydroxylation is 1. The topological polar surface area (TPSA) is 26.0 Å². The number of rotatable bonds is 1. The molecule has 1 heteroatoms. The first kappa shape index (κ1) is 11.3. The molecule has 92 valence electrons. The molecule has 1 spiro atoms. The standard InChI is InChI=1S/C16H23N/c1-12-4-5-14-13(11-17)6-9-16(15(14)10-12)7-2-3-8-16/h4-5,10,13H,2-3,6-9,11,17H2,1H3. The van der Waals surface area contributed by atoms with Gasteiger partial charge in [0.2, 0.25) is 0 Å². The van der Waals surface area contributed by atoms with Crippen molar-refractivity contribution in [3.8, 4) is 0 Å². The number of fused-ring (bicyclic) bond motifs is 2. The van der Waals surface area contributed by atoms with Crippen LogP contribution in [0.15, 0.2) is 18.2 Å². The van der Waals surface area contributed by atoms with Crippen LogP contribution in [0.5, 0.6) is 0 Å². The van der Waals surface area contributed by atoms with Crippen LogP contribution in [0.1, 0.15) is 61.1 Å². The zero-order valence-corrected chi connectivity index (χ0v) is 10.8. The maximum Gasteiger partial charge on any atom is -0.000813 e. The lowest BCUT2D eigenvalue weighted by Gasteiger charge is -2.39. The summed E-state index contributed by atoms with van der Waals surface area (Å²) < 4.78 is 0. The van der Waals surface area contributed by atoms with E-state index in [9.17, 15) is 0 Å². The van der Waals surface area contributed by atoms with E-state index < -0.39 is 0 Å². The molecule has 0 amide bonds. The zero-order chi connectivity index (χ0) is 11.9. The average Bonchev–Trinajstić information content (AvgIpc) is 2.80. The summed E-state index contributed by atoms with van der Waals surface area (Å²) in [7, 11) is 0. The van der Waals surface area contributed by atoms with Crippen LogP contribution in [0, 0.1) is 6.92 Å². The predicted octanol–water partition coefficient (Wildman–Crippen LogP) is 3.64. The first-order valence-corrected chi connectivity index (χ1v) is 7.06. The van der Waals surface area contributed by atoms with Crippen LogP contribution in [-0.4, -0.2) is 6.54 Å². The van der Waals surface area contributed by atoms with Crippen LogP contribution >= 0.6 is 0 Å². The maximum atomic E-state index is 5.94. The lowest BCUT2D eigenvalue weighted by Crippen LogP contribution is -2.32. The van der Waals surface area contributed by atoms with Gasteiger partial charge < -0.3 is 5.73 Å². The molecule has 3 rings (SSSR count). The highest BCUT2D eigenvalue weighted by molar-refractivity contribution is 5.42. The van der Waals surface area contributed by atoms with Crippen LogP contribution < -0.4 is 5.73 Å². The van der Waals surface area contributed by atoms with Gasteiger partial charge in [-0.25, -0.2) is 0 Å². The number of benzene rings is 1. The van der Waals surface area contributed by atoms with E-state index in [-0.39, 0.29) is 0 Å². The van der Waals surface area contributed by atoms with E-state index in [2.05, 4.69) is 25.1 Å². The highest BCUT2D eigenvalue weighted by Crippen LogP contribution is 2.51. The van der Waals surface area contributed by atoms with E-state index in [4.69, 9.17) is 5.73 Å². The van der Waals surface area contributed by atoms with Crippen molar-refractivity contribution in [3.05, 3.63) is 34.9 Å². The molecular weight excluding hydrogens is 206 g/mol. The minimum Gasteiger partial charge on any atom is -0.330 e. The summed E-state index contributed by atoms with van der Waals surface area (Å²) in [6, 6.07) is 7.05. The van der Waals surface area contributed by atoms with Crippen molar-refractivity contribution in [2.24, 2.45) is 5.73 Å². The van der Waals surface area contributed by atoms with Gasteiger partial charge in [-0.2, -0.15) is 0 Å². The minimum atomic E-state index is 0.521. The van der Waals surface area contributed by atoms with Crippen molar-refractivity contribution in [2.75, 3.05) is 6.54 Å². The number of nitrogens with two attached hydrogens (primary N) is 1. The van der Waals surface area contributed by atoms with Crippen molar-refractivity contribution >= 4 is 0 Å². The molecule has 0 saturated heterocycles. The Morgan fingerprint density at radius 3 is 2.71 bits per heavy atom. The molecule has 0 bridgehead atoms. The van der Waals surface area contributed by atoms with Crippen molar-refractivity contribution in [2.45, 2.75) is 56.8 Å². The molecule has 1 aromatic carbocycles. The molecule has 2 aliphatic carbocycles. The van der Waals surface area contributed by atoms with Crippen LogP contribution in [0.2, 0.25) is 0 Å². The second-order valence-electron chi connectivity index (χ2n) is 6.05. The second kappa shape index (κ2) is 4.13. The third-order valence-electron chi connectivity index (χ3n) is 5.04. The molecular formula is C16H23N. The van der Waals surface area contributed by atoms with E-state index in [0.717, 1.165) is 6.54 Å². The normalized spacial score (nSPS) is 26.1. The van der Waals surface area contributed by atoms with E-state index in [1.807, 2.05) is 0 Å². The Morgan fingerprint density at radius 1 is 1.24 bits per heavy atom. The lowest BCUT2D eigenvalue weighted by molar-refractivity contribution is 0.343. The molecule has 17 heavy (non-hydrogen) atoms. The quantitative estimate of drug-likeness (QED) is 0.781. The fourth-order valence-corrected chi connectivity index (χ4v) is 4.04. The van der Waals surface area contributed by atoms with Crippen LogP contribution in [0.4, 0.5) is 0 Å². The Balaban J connectivity index is 2.11. The smallest absolute Gasteiger partial charge is 0.000813 e. The Bertz CT molecular complexity index is 416. The average molecular weight is 229 g/mol. The number of hydrogen-bond acceptors (Lipinski definition) is 1. The molecule has 0 aliphatic heterocycles. The molecule has 2 N–H and O–H groups in total. The third kappa shape index (κ3) is 1.72. The van der Waals surface area contributed by atoms with Gasteiger partial charge in [0, 0.05) is 0 Å². The SMILES string of the molecule is Cc1ccc2c(c1)C1(CCCC1)CCC2CN. The van der Waals surface area contributed by atoms with E-state index in [1.165, 1.54) is 44.1 Å². The van der Waals surface area contributed by atoms with Crippen LogP contribution in [-0.2, 0) is 5.41 Å².